The van der Waals surface area contributed by atoms with Crippen molar-refractivity contribution in [3.63, 3.8) is 0 Å². The minimum absolute atomic E-state index is 0. The Morgan fingerprint density at radius 2 is 1.25 bits per heavy atom. The van der Waals surface area contributed by atoms with Crippen LogP contribution < -0.4 is 34.0 Å². The molecule has 0 amide bonds. The van der Waals surface area contributed by atoms with Crippen LogP contribution in [0.3, 0.4) is 0 Å². The summed E-state index contributed by atoms with van der Waals surface area (Å²) in [6, 6.07) is 0. The smallest absolute Gasteiger partial charge is 1.00 e. The van der Waals surface area contributed by atoms with Gasteiger partial charge in [0.2, 0.25) is 0 Å². The first kappa shape index (κ1) is 22.6. The van der Waals surface area contributed by atoms with E-state index in [0.29, 0.717) is 0 Å². The van der Waals surface area contributed by atoms with E-state index in [0.717, 1.165) is 6.54 Å². The standard InChI is InChI=1S/C4H11N.2BrH.Mg/c1-4-5(2)3;;;/h4H2,1-3H3;2*1H;/q;;;+2/p-2. The zero-order valence-corrected chi connectivity index (χ0v) is 10.2. The average molecular weight is 257 g/mol. The summed E-state index contributed by atoms with van der Waals surface area (Å²) in [5.74, 6) is 0. The van der Waals surface area contributed by atoms with Crippen LogP contribution in [0, 0.1) is 0 Å². The van der Waals surface area contributed by atoms with Crippen molar-refractivity contribution in [1.29, 1.82) is 0 Å². The third kappa shape index (κ3) is 25.3. The Labute approximate surface area is 88.9 Å². The zero-order valence-electron chi connectivity index (χ0n) is 5.62. The van der Waals surface area contributed by atoms with Crippen molar-refractivity contribution in [1.82, 2.24) is 4.90 Å². The van der Waals surface area contributed by atoms with Gasteiger partial charge in [0.25, 0.3) is 0 Å². The Hall–Kier alpha value is 1.69. The van der Waals surface area contributed by atoms with E-state index >= 15 is 0 Å². The molecule has 0 heterocycles. The summed E-state index contributed by atoms with van der Waals surface area (Å²) in [5, 5.41) is 0. The summed E-state index contributed by atoms with van der Waals surface area (Å²) in [7, 11) is 4.11. The first-order valence-corrected chi connectivity index (χ1v) is 1.92. The topological polar surface area (TPSA) is 3.24 Å². The van der Waals surface area contributed by atoms with E-state index in [1.807, 2.05) is 0 Å². The van der Waals surface area contributed by atoms with E-state index in [4.69, 9.17) is 0 Å². The molecule has 0 rings (SSSR count). The maximum Gasteiger partial charge on any atom is 2.00 e. The fourth-order valence-electron chi connectivity index (χ4n) is 0. The Bertz CT molecular complexity index is 28.0. The van der Waals surface area contributed by atoms with Crippen molar-refractivity contribution in [3.05, 3.63) is 0 Å². The monoisotopic (exact) mass is 255 g/mol. The number of nitrogens with zero attached hydrogens (tertiary/aromatic N) is 1. The van der Waals surface area contributed by atoms with Gasteiger partial charge in [-0.05, 0) is 20.6 Å². The van der Waals surface area contributed by atoms with Gasteiger partial charge in [0.05, 0.1) is 0 Å². The van der Waals surface area contributed by atoms with E-state index in [2.05, 4.69) is 25.9 Å². The van der Waals surface area contributed by atoms with E-state index in [1.54, 1.807) is 0 Å². The Morgan fingerprint density at radius 3 is 1.25 bits per heavy atom. The predicted molar refractivity (Wildman–Crippen MR) is 30.0 cm³/mol. The van der Waals surface area contributed by atoms with Gasteiger partial charge in [-0.3, -0.25) is 0 Å². The van der Waals surface area contributed by atoms with E-state index in [9.17, 15) is 0 Å². The van der Waals surface area contributed by atoms with Crippen LogP contribution in [0.25, 0.3) is 0 Å². The summed E-state index contributed by atoms with van der Waals surface area (Å²) < 4.78 is 0. The Balaban J connectivity index is -0.0000000267. The average Bonchev–Trinajstić information content (AvgIpc) is 1.38. The van der Waals surface area contributed by atoms with Crippen LogP contribution in [0.2, 0.25) is 0 Å². The first-order valence-electron chi connectivity index (χ1n) is 1.92. The molecule has 0 saturated carbocycles. The van der Waals surface area contributed by atoms with Gasteiger partial charge in [0, 0.05) is 0 Å². The van der Waals surface area contributed by atoms with Crippen LogP contribution in [-0.2, 0) is 0 Å². The third-order valence-electron chi connectivity index (χ3n) is 0.632. The van der Waals surface area contributed by atoms with Gasteiger partial charge < -0.3 is 38.9 Å². The normalized spacial score (nSPS) is 6.00. The predicted octanol–water partition coefficient (Wildman–Crippen LogP) is -5.80. The van der Waals surface area contributed by atoms with Gasteiger partial charge in [0.1, 0.15) is 0 Å². The second-order valence-electron chi connectivity index (χ2n) is 1.40. The van der Waals surface area contributed by atoms with Gasteiger partial charge in [-0.2, -0.15) is 0 Å². The number of hydrogen-bond acceptors (Lipinski definition) is 1. The minimum Gasteiger partial charge on any atom is -1.00 e. The van der Waals surface area contributed by atoms with Gasteiger partial charge >= 0.3 is 23.1 Å². The second-order valence-corrected chi connectivity index (χ2v) is 1.40. The largest absolute Gasteiger partial charge is 2.00 e. The summed E-state index contributed by atoms with van der Waals surface area (Å²) in [5.41, 5.74) is 0. The molecule has 0 atom stereocenters. The van der Waals surface area contributed by atoms with Gasteiger partial charge in [-0.25, -0.2) is 0 Å². The summed E-state index contributed by atoms with van der Waals surface area (Å²) in [6.45, 7) is 3.26. The molecule has 0 unspecified atom stereocenters. The molecule has 0 bridgehead atoms. The third-order valence-corrected chi connectivity index (χ3v) is 0.632. The van der Waals surface area contributed by atoms with Gasteiger partial charge in [-0.15, -0.1) is 0 Å². The van der Waals surface area contributed by atoms with Crippen molar-refractivity contribution in [2.75, 3.05) is 20.6 Å². The molecule has 0 aliphatic rings. The summed E-state index contributed by atoms with van der Waals surface area (Å²) in [6.07, 6.45) is 0. The van der Waals surface area contributed by atoms with E-state index in [1.165, 1.54) is 0 Å². The molecular formula is C4H11Br2MgN. The van der Waals surface area contributed by atoms with Gasteiger partial charge in [-0.1, -0.05) is 6.92 Å². The van der Waals surface area contributed by atoms with Crippen molar-refractivity contribution >= 4 is 23.1 Å². The van der Waals surface area contributed by atoms with Crippen LogP contribution in [-0.4, -0.2) is 48.6 Å². The summed E-state index contributed by atoms with van der Waals surface area (Å²) >= 11 is 0. The van der Waals surface area contributed by atoms with Crippen LogP contribution >= 0.6 is 0 Å². The number of halogens is 2. The van der Waals surface area contributed by atoms with E-state index < -0.39 is 0 Å². The second kappa shape index (κ2) is 15.9. The molecule has 1 nitrogen and oxygen atoms in total. The van der Waals surface area contributed by atoms with Crippen LogP contribution in [0.4, 0.5) is 0 Å². The van der Waals surface area contributed by atoms with Crippen LogP contribution in [0.5, 0.6) is 0 Å². The van der Waals surface area contributed by atoms with Crippen LogP contribution in [0.1, 0.15) is 6.92 Å². The SMILES string of the molecule is CCN(C)C.[Br-].[Br-].[Mg+2]. The van der Waals surface area contributed by atoms with Crippen molar-refractivity contribution in [2.24, 2.45) is 0 Å². The molecule has 0 aromatic rings. The molecule has 0 aliphatic carbocycles. The summed E-state index contributed by atoms with van der Waals surface area (Å²) in [4.78, 5) is 2.12. The number of rotatable bonds is 1. The number of hydrogen-bond donors (Lipinski definition) is 0. The molecule has 8 heavy (non-hydrogen) atoms. The molecular weight excluding hydrogens is 246 g/mol. The fourth-order valence-corrected chi connectivity index (χ4v) is 0. The first-order chi connectivity index (χ1) is 2.27. The molecule has 0 spiro atoms. The molecule has 0 radical (unpaired) electrons. The minimum atomic E-state index is 0. The molecule has 0 N–H and O–H groups in total. The van der Waals surface area contributed by atoms with Gasteiger partial charge in [0.15, 0.2) is 0 Å². The molecule has 0 aromatic carbocycles. The maximum absolute atomic E-state index is 2.12. The Kier molecular flexibility index (Phi) is 44.8. The van der Waals surface area contributed by atoms with Crippen molar-refractivity contribution in [3.8, 4) is 0 Å². The fraction of sp³-hybridized carbons (Fsp3) is 1.00. The van der Waals surface area contributed by atoms with E-state index in [-0.39, 0.29) is 57.0 Å². The van der Waals surface area contributed by atoms with Crippen molar-refractivity contribution in [2.45, 2.75) is 6.92 Å². The molecule has 0 aromatic heterocycles. The van der Waals surface area contributed by atoms with Crippen LogP contribution in [0.15, 0.2) is 0 Å². The maximum atomic E-state index is 2.12. The molecule has 4 heteroatoms. The molecule has 0 fully saturated rings. The van der Waals surface area contributed by atoms with Crippen molar-refractivity contribution < 1.29 is 34.0 Å². The quantitative estimate of drug-likeness (QED) is 0.423. The zero-order chi connectivity index (χ0) is 4.28. The molecule has 0 aliphatic heterocycles. The molecule has 48 valence electrons. The molecule has 0 saturated heterocycles. The Morgan fingerprint density at radius 1 is 1.12 bits per heavy atom.